The van der Waals surface area contributed by atoms with Crippen molar-refractivity contribution in [3.63, 3.8) is 0 Å². The number of esters is 2. The van der Waals surface area contributed by atoms with Gasteiger partial charge in [-0.05, 0) is 108 Å². The monoisotopic (exact) mass is 1670 g/mol. The van der Waals surface area contributed by atoms with E-state index >= 15 is 0 Å². The molecule has 9 rings (SSSR count). The Morgan fingerprint density at radius 1 is 0.429 bits per heavy atom. The van der Waals surface area contributed by atoms with Crippen LogP contribution in [0.3, 0.4) is 0 Å². The Kier molecular flexibility index (Phi) is 32.0. The van der Waals surface area contributed by atoms with Gasteiger partial charge in [0.15, 0.2) is 11.5 Å². The van der Waals surface area contributed by atoms with E-state index < -0.39 is 79.9 Å². The number of methoxy groups -OCH3 is 2. The number of carbonyl (C=O) groups is 2. The molecule has 0 spiro atoms. The van der Waals surface area contributed by atoms with E-state index in [9.17, 15) is 57.1 Å². The van der Waals surface area contributed by atoms with Crippen LogP contribution < -0.4 is 31.1 Å². The lowest BCUT2D eigenvalue weighted by Crippen LogP contribution is -2.31. The molecule has 0 unspecified atom stereocenters. The first-order valence-corrected chi connectivity index (χ1v) is 37.3. The summed E-state index contributed by atoms with van der Waals surface area (Å²) < 4.78 is 94.2. The summed E-state index contributed by atoms with van der Waals surface area (Å²) in [6.07, 6.45) is 0. The van der Waals surface area contributed by atoms with Crippen molar-refractivity contribution >= 4 is 183 Å². The van der Waals surface area contributed by atoms with E-state index in [1.54, 1.807) is 24.3 Å². The fourth-order valence-corrected chi connectivity index (χ4v) is 13.2. The minimum Gasteiger partial charge on any atom is -0.505 e. The summed E-state index contributed by atoms with van der Waals surface area (Å²) >= 11 is 2.24. The van der Waals surface area contributed by atoms with Gasteiger partial charge in [-0.1, -0.05) is 20.2 Å². The number of carbonyl (C=O) groups excluding carboxylic acids is 2. The van der Waals surface area contributed by atoms with Gasteiger partial charge in [-0.2, -0.15) is 46.7 Å². The lowest BCUT2D eigenvalue weighted by molar-refractivity contribution is -0.447. The van der Waals surface area contributed by atoms with Gasteiger partial charge < -0.3 is 71.2 Å². The van der Waals surface area contributed by atoms with Gasteiger partial charge in [-0.3, -0.25) is 8.37 Å². The lowest BCUT2D eigenvalue weighted by Gasteiger charge is -2.22. The predicted octanol–water partition coefficient (Wildman–Crippen LogP) is 9.47. The average Bonchev–Trinajstić information content (AvgIpc) is 0.757. The summed E-state index contributed by atoms with van der Waals surface area (Å²) in [4.78, 5) is 74.0. The zero-order chi connectivity index (χ0) is 80.5. The van der Waals surface area contributed by atoms with Crippen LogP contribution in [0.25, 0.3) is 21.5 Å². The van der Waals surface area contributed by atoms with Gasteiger partial charge >= 0.3 is 11.9 Å². The Balaban J connectivity index is 1.11. The summed E-state index contributed by atoms with van der Waals surface area (Å²) in [5, 5.41) is 113. The molecule has 0 aliphatic carbocycles. The molecule has 9 aromatic rings. The summed E-state index contributed by atoms with van der Waals surface area (Å²) in [7, 11) is -0.299. The number of anilines is 10. The number of hydrogen-bond donors (Lipinski definition) is 10. The van der Waals surface area contributed by atoms with Crippen LogP contribution >= 0.6 is 48.2 Å². The summed E-state index contributed by atoms with van der Waals surface area (Å²) in [6, 6.07) is 21.8. The third kappa shape index (κ3) is 22.3. The number of aromatic hydroxyl groups is 2. The molecule has 2 aromatic heterocycles. The van der Waals surface area contributed by atoms with E-state index in [1.807, 2.05) is 0 Å². The third-order valence-corrected chi connectivity index (χ3v) is 19.5. The van der Waals surface area contributed by atoms with Crippen molar-refractivity contribution in [2.75, 3.05) is 141 Å². The summed E-state index contributed by atoms with van der Waals surface area (Å²) in [5.74, 6) is -4.37. The van der Waals surface area contributed by atoms with Crippen molar-refractivity contribution in [3.8, 4) is 11.5 Å². The fraction of sp³-hybridized carbons (Fsp3) is 0.258. The van der Waals surface area contributed by atoms with Gasteiger partial charge in [0.1, 0.15) is 22.7 Å². The van der Waals surface area contributed by atoms with Crippen molar-refractivity contribution in [1.82, 2.24) is 29.9 Å². The molecule has 0 fully saturated rings. The Morgan fingerprint density at radius 2 is 0.768 bits per heavy atom. The number of benzene rings is 7. The molecule has 50 heteroatoms. The molecular weight excluding hydrogens is 1610 g/mol. The maximum Gasteiger partial charge on any atom is 0.340 e. The molecule has 0 radical (unpaired) electrons. The van der Waals surface area contributed by atoms with Crippen LogP contribution in [-0.2, 0) is 95.1 Å². The molecule has 2 heterocycles. The van der Waals surface area contributed by atoms with Crippen molar-refractivity contribution < 1.29 is 132 Å². The number of nitrogens with one attached hydrogen (secondary N) is 4. The highest BCUT2D eigenvalue weighted by molar-refractivity contribution is 7.95. The van der Waals surface area contributed by atoms with Crippen LogP contribution in [0.15, 0.2) is 147 Å². The minimum absolute atomic E-state index is 0.00838. The van der Waals surface area contributed by atoms with Crippen LogP contribution in [-0.4, -0.2) is 199 Å². The van der Waals surface area contributed by atoms with Crippen molar-refractivity contribution in [2.45, 2.75) is 29.4 Å². The van der Waals surface area contributed by atoms with Gasteiger partial charge in [-0.15, -0.1) is 37.8 Å². The van der Waals surface area contributed by atoms with Gasteiger partial charge in [-0.25, -0.2) is 29.1 Å². The Bertz CT molecular complexity index is 4770. The number of fused-ring (bicyclic) bond motifs is 2. The SMILES string of the molecule is COOOSc1ccc(C(=O)OC)c(N=Nc2c(SOOOC)cc3cc(S(=O)(=O)OC)cc(Nc4nc(Nc5ccc(Nc6nc(Nc7cc(S(=O)(=O)OC)cc8cc(SOOOC)c(N=Nc9cc(SOOOC)ccc9C(=O)OC)c(O)c78)nc(N(CCO)CCO)n6)cc5)nc(N(CCO)CCO)n4)c3c2O)c1. The quantitative estimate of drug-likeness (QED) is 0.00323. The van der Waals surface area contributed by atoms with Gasteiger partial charge in [0.05, 0.1) is 174 Å². The van der Waals surface area contributed by atoms with Crippen LogP contribution in [0.5, 0.6) is 11.5 Å². The van der Waals surface area contributed by atoms with E-state index in [0.29, 0.717) is 69.3 Å². The first-order valence-electron chi connectivity index (χ1n) is 31.5. The number of phenols is 2. The smallest absolute Gasteiger partial charge is 0.340 e. The maximum atomic E-state index is 13.6. The standard InChI is InChI=1S/C62H66N16O28S6/c1-91-55(85)41-15-13-37(107-103-99-93-3)29-43(41)73-75-51-47(109-105-101-95-5)27-33-25-39(111(87,88)97-7)31-45(49(33)53(51)83)65-59-67-57(69-61(71-59)77(17-21-79)18-22-80)63-35-9-11-36(12-10-35)64-58-68-60(72-62(70-58)78(19-23-81)20-24-82)66-46-32-40(112(89,90)98-8)26-34-28-48(110-106-102-96-6)52(54(84)50(34)46)76-74-44-30-38(108-104-100-94-4)14-16-42(44)56(86)92-2/h9-16,25-32,79-84H,17-24H2,1-8H3,(H2,63,65,67,69,71)(H2,64,66,68,70,72). The number of aliphatic hydroxyl groups excluding tert-OH is 4. The van der Waals surface area contributed by atoms with Crippen LogP contribution in [0, 0.1) is 0 Å². The number of hydrogen-bond acceptors (Lipinski definition) is 48. The molecule has 7 aromatic carbocycles. The van der Waals surface area contributed by atoms with Crippen molar-refractivity contribution in [2.24, 2.45) is 20.5 Å². The van der Waals surface area contributed by atoms with Crippen LogP contribution in [0.2, 0.25) is 0 Å². The molecule has 112 heavy (non-hydrogen) atoms. The van der Waals surface area contributed by atoms with Gasteiger partial charge in [0.2, 0.25) is 35.7 Å². The second-order valence-electron chi connectivity index (χ2n) is 21.3. The number of azo groups is 2. The predicted molar refractivity (Wildman–Crippen MR) is 396 cm³/mol. The number of ether oxygens (including phenoxy) is 2. The highest BCUT2D eigenvalue weighted by atomic mass is 32.2. The van der Waals surface area contributed by atoms with E-state index in [1.165, 1.54) is 72.6 Å². The van der Waals surface area contributed by atoms with Crippen LogP contribution in [0.4, 0.5) is 81.2 Å². The molecule has 0 saturated carbocycles. The third-order valence-electron chi connectivity index (χ3n) is 14.6. The highest BCUT2D eigenvalue weighted by Crippen LogP contribution is 2.50. The molecule has 10 N–H and O–H groups in total. The second kappa shape index (κ2) is 41.6. The molecule has 44 nitrogen and oxygen atoms in total. The molecule has 0 saturated heterocycles. The normalized spacial score (nSPS) is 11.8. The van der Waals surface area contributed by atoms with E-state index in [0.717, 1.165) is 66.9 Å². The summed E-state index contributed by atoms with van der Waals surface area (Å²) in [6.45, 7) is -2.31. The topological polar surface area (TPSA) is 553 Å². The number of rotatable bonds is 44. The Hall–Kier alpha value is -9.80. The van der Waals surface area contributed by atoms with Crippen molar-refractivity contribution in [1.29, 1.82) is 0 Å². The molecule has 0 aliphatic heterocycles. The summed E-state index contributed by atoms with van der Waals surface area (Å²) in [5.41, 5.74) is -0.930. The number of aromatic nitrogens is 6. The van der Waals surface area contributed by atoms with Crippen LogP contribution in [0.1, 0.15) is 20.7 Å². The van der Waals surface area contributed by atoms with Gasteiger partial charge in [0, 0.05) is 58.1 Å². The number of aliphatic hydroxyl groups is 4. The first kappa shape index (κ1) is 86.2. The number of phenolic OH excluding ortho intramolecular Hbond substituents is 2. The Labute approximate surface area is 651 Å². The van der Waals surface area contributed by atoms with Gasteiger partial charge in [0.25, 0.3) is 20.2 Å². The minimum atomic E-state index is -4.56. The molecule has 0 aliphatic rings. The zero-order valence-corrected chi connectivity index (χ0v) is 64.3. The highest BCUT2D eigenvalue weighted by Gasteiger charge is 2.28. The molecule has 0 bridgehead atoms. The fourth-order valence-electron chi connectivity index (χ4n) is 9.78. The maximum absolute atomic E-state index is 13.6. The number of nitrogens with zero attached hydrogens (tertiary/aromatic N) is 12. The molecule has 0 amide bonds. The van der Waals surface area contributed by atoms with E-state index in [-0.39, 0.29) is 138 Å². The largest absolute Gasteiger partial charge is 0.505 e. The second-order valence-corrected chi connectivity index (χ2v) is 27.8. The molecule has 0 atom stereocenters. The lowest BCUT2D eigenvalue weighted by atomic mass is 10.1. The zero-order valence-electron chi connectivity index (χ0n) is 59.4. The van der Waals surface area contributed by atoms with E-state index in [4.69, 9.17) is 35.2 Å². The molecular formula is C62H66N16O28S6. The Morgan fingerprint density at radius 3 is 1.09 bits per heavy atom. The average molecular weight is 1680 g/mol. The van der Waals surface area contributed by atoms with E-state index in [2.05, 4.69) is 111 Å². The first-order chi connectivity index (χ1) is 54.1. The molecule has 598 valence electrons. The van der Waals surface area contributed by atoms with Crippen molar-refractivity contribution in [3.05, 3.63) is 108 Å².